The molecule has 2 aliphatic heterocycles. The van der Waals surface area contributed by atoms with Crippen molar-refractivity contribution in [3.8, 4) is 0 Å². The molecule has 0 unspecified atom stereocenters. The summed E-state index contributed by atoms with van der Waals surface area (Å²) in [4.78, 5) is 0.128. The molecule has 2 aliphatic rings. The molecular weight excluding hydrogens is 321 g/mol. The van der Waals surface area contributed by atoms with Crippen LogP contribution in [-0.4, -0.2) is 51.2 Å². The maximum atomic E-state index is 13.0. The van der Waals surface area contributed by atoms with E-state index in [1.807, 2.05) is 0 Å². The number of rotatable bonds is 3. The van der Waals surface area contributed by atoms with Gasteiger partial charge < -0.3 is 9.47 Å². The summed E-state index contributed by atoms with van der Waals surface area (Å²) in [6.07, 6.45) is 3.17. The zero-order chi connectivity index (χ0) is 16.5. The van der Waals surface area contributed by atoms with Crippen LogP contribution >= 0.6 is 0 Å². The van der Waals surface area contributed by atoms with Crippen molar-refractivity contribution in [2.24, 2.45) is 0 Å². The predicted molar refractivity (Wildman–Crippen MR) is 83.1 cm³/mol. The summed E-state index contributed by atoms with van der Waals surface area (Å²) < 4.78 is 51.3. The summed E-state index contributed by atoms with van der Waals surface area (Å²) in [6.45, 7) is 1.48. The first-order valence-corrected chi connectivity index (χ1v) is 9.34. The average Bonchev–Trinajstić information content (AvgIpc) is 2.56. The fraction of sp³-hybridized carbons (Fsp3) is 0.625. The van der Waals surface area contributed by atoms with Gasteiger partial charge in [0.1, 0.15) is 5.82 Å². The second kappa shape index (κ2) is 6.47. The van der Waals surface area contributed by atoms with Crippen LogP contribution in [0.5, 0.6) is 0 Å². The van der Waals surface area contributed by atoms with E-state index < -0.39 is 15.8 Å². The normalized spacial score (nSPS) is 25.6. The van der Waals surface area contributed by atoms with Crippen LogP contribution in [0.1, 0.15) is 25.7 Å². The maximum absolute atomic E-state index is 13.0. The molecule has 2 fully saturated rings. The van der Waals surface area contributed by atoms with Crippen molar-refractivity contribution in [2.75, 3.05) is 26.8 Å². The lowest BCUT2D eigenvalue weighted by Crippen LogP contribution is -2.56. The van der Waals surface area contributed by atoms with E-state index in [0.717, 1.165) is 12.8 Å². The highest BCUT2D eigenvalue weighted by Crippen LogP contribution is 2.38. The molecule has 0 bridgehead atoms. The van der Waals surface area contributed by atoms with Gasteiger partial charge in [-0.2, -0.15) is 4.31 Å². The Balaban J connectivity index is 1.74. The Labute approximate surface area is 136 Å². The molecule has 0 saturated carbocycles. The SMILES string of the molecule is CO[C@@H]1CCCOC12CCN(S(=O)(=O)c1ccc(F)cc1)CC2. The minimum absolute atomic E-state index is 0.0203. The van der Waals surface area contributed by atoms with Gasteiger partial charge in [0.05, 0.1) is 16.6 Å². The number of nitrogens with zero attached hydrogens (tertiary/aromatic N) is 1. The third-order valence-electron chi connectivity index (χ3n) is 4.89. The van der Waals surface area contributed by atoms with Gasteiger partial charge in [-0.1, -0.05) is 0 Å². The number of sulfonamides is 1. The topological polar surface area (TPSA) is 55.8 Å². The van der Waals surface area contributed by atoms with Gasteiger partial charge in [0.15, 0.2) is 0 Å². The predicted octanol–water partition coefficient (Wildman–Crippen LogP) is 2.17. The minimum atomic E-state index is -3.59. The summed E-state index contributed by atoms with van der Waals surface area (Å²) in [5.41, 5.74) is -0.373. The van der Waals surface area contributed by atoms with Crippen LogP contribution in [0.15, 0.2) is 29.2 Å². The molecule has 0 aromatic heterocycles. The standard InChI is InChI=1S/C16H22FNO4S/c1-21-15-3-2-12-22-16(15)8-10-18(11-9-16)23(19,20)14-6-4-13(17)5-7-14/h4-7,15H,2-3,8-12H2,1H3/t15-/m1/s1. The van der Waals surface area contributed by atoms with E-state index in [1.165, 1.54) is 28.6 Å². The van der Waals surface area contributed by atoms with Crippen LogP contribution in [0.25, 0.3) is 0 Å². The van der Waals surface area contributed by atoms with Gasteiger partial charge >= 0.3 is 0 Å². The molecule has 0 radical (unpaired) electrons. The lowest BCUT2D eigenvalue weighted by atomic mass is 9.82. The van der Waals surface area contributed by atoms with Gasteiger partial charge in [0.2, 0.25) is 10.0 Å². The van der Waals surface area contributed by atoms with E-state index in [9.17, 15) is 12.8 Å². The van der Waals surface area contributed by atoms with Crippen LogP contribution in [-0.2, 0) is 19.5 Å². The zero-order valence-electron chi connectivity index (χ0n) is 13.2. The molecule has 1 aromatic carbocycles. The molecule has 2 saturated heterocycles. The summed E-state index contributed by atoms with van der Waals surface area (Å²) in [6, 6.07) is 4.96. The first-order chi connectivity index (χ1) is 11.0. The number of benzene rings is 1. The van der Waals surface area contributed by atoms with Crippen LogP contribution in [0, 0.1) is 5.82 Å². The highest BCUT2D eigenvalue weighted by Gasteiger charge is 2.46. The Morgan fingerprint density at radius 3 is 2.52 bits per heavy atom. The van der Waals surface area contributed by atoms with E-state index in [-0.39, 0.29) is 16.6 Å². The van der Waals surface area contributed by atoms with Crippen LogP contribution in [0.2, 0.25) is 0 Å². The van der Waals surface area contributed by atoms with E-state index >= 15 is 0 Å². The van der Waals surface area contributed by atoms with Crippen LogP contribution in [0.4, 0.5) is 4.39 Å². The number of hydrogen-bond acceptors (Lipinski definition) is 4. The molecule has 128 valence electrons. The Kier molecular flexibility index (Phi) is 4.73. The molecule has 5 nitrogen and oxygen atoms in total. The molecule has 3 rings (SSSR count). The van der Waals surface area contributed by atoms with E-state index in [0.29, 0.717) is 32.5 Å². The molecule has 1 spiro atoms. The Morgan fingerprint density at radius 2 is 1.91 bits per heavy atom. The minimum Gasteiger partial charge on any atom is -0.378 e. The molecule has 0 N–H and O–H groups in total. The fourth-order valence-corrected chi connectivity index (χ4v) is 5.00. The number of piperidine rings is 1. The van der Waals surface area contributed by atoms with E-state index in [2.05, 4.69) is 0 Å². The molecule has 23 heavy (non-hydrogen) atoms. The second-order valence-corrected chi connectivity index (χ2v) is 8.08. The van der Waals surface area contributed by atoms with Gasteiger partial charge in [0.25, 0.3) is 0 Å². The quantitative estimate of drug-likeness (QED) is 0.844. The summed E-state index contributed by atoms with van der Waals surface area (Å²) in [5.74, 6) is -0.444. The van der Waals surface area contributed by atoms with Crippen molar-refractivity contribution < 1.29 is 22.3 Å². The molecule has 0 amide bonds. The third-order valence-corrected chi connectivity index (χ3v) is 6.80. The van der Waals surface area contributed by atoms with Gasteiger partial charge in [-0.3, -0.25) is 0 Å². The fourth-order valence-electron chi connectivity index (χ4n) is 3.56. The van der Waals surface area contributed by atoms with Crippen molar-refractivity contribution >= 4 is 10.0 Å². The lowest BCUT2D eigenvalue weighted by Gasteiger charge is -2.47. The summed E-state index contributed by atoms with van der Waals surface area (Å²) in [5, 5.41) is 0. The smallest absolute Gasteiger partial charge is 0.243 e. The lowest BCUT2D eigenvalue weighted by molar-refractivity contribution is -0.182. The van der Waals surface area contributed by atoms with E-state index in [1.54, 1.807) is 7.11 Å². The van der Waals surface area contributed by atoms with Crippen LogP contribution < -0.4 is 0 Å². The highest BCUT2D eigenvalue weighted by molar-refractivity contribution is 7.89. The largest absolute Gasteiger partial charge is 0.378 e. The maximum Gasteiger partial charge on any atom is 0.243 e. The van der Waals surface area contributed by atoms with Gasteiger partial charge in [0, 0.05) is 26.8 Å². The Bertz CT molecular complexity index is 639. The summed E-state index contributed by atoms with van der Waals surface area (Å²) >= 11 is 0. The molecule has 1 atom stereocenters. The molecular formula is C16H22FNO4S. The number of methoxy groups -OCH3 is 1. The Morgan fingerprint density at radius 1 is 1.26 bits per heavy atom. The van der Waals surface area contributed by atoms with Crippen molar-refractivity contribution in [3.05, 3.63) is 30.1 Å². The first kappa shape index (κ1) is 16.8. The average molecular weight is 343 g/mol. The first-order valence-electron chi connectivity index (χ1n) is 7.90. The second-order valence-electron chi connectivity index (χ2n) is 6.14. The van der Waals surface area contributed by atoms with Crippen molar-refractivity contribution in [3.63, 3.8) is 0 Å². The summed E-state index contributed by atoms with van der Waals surface area (Å²) in [7, 11) is -1.90. The van der Waals surface area contributed by atoms with Gasteiger partial charge in [-0.15, -0.1) is 0 Å². The van der Waals surface area contributed by atoms with Crippen LogP contribution in [0.3, 0.4) is 0 Å². The molecule has 0 aliphatic carbocycles. The number of halogens is 1. The highest BCUT2D eigenvalue weighted by atomic mass is 32.2. The monoisotopic (exact) mass is 343 g/mol. The third kappa shape index (κ3) is 3.15. The Hall–Kier alpha value is -1.02. The van der Waals surface area contributed by atoms with E-state index in [4.69, 9.17) is 9.47 Å². The van der Waals surface area contributed by atoms with Gasteiger partial charge in [-0.05, 0) is 49.9 Å². The molecule has 1 aromatic rings. The molecule has 2 heterocycles. The van der Waals surface area contributed by atoms with Crippen molar-refractivity contribution in [1.29, 1.82) is 0 Å². The van der Waals surface area contributed by atoms with Crippen molar-refractivity contribution in [1.82, 2.24) is 4.31 Å². The van der Waals surface area contributed by atoms with Crippen molar-refractivity contribution in [2.45, 2.75) is 42.3 Å². The van der Waals surface area contributed by atoms with Gasteiger partial charge in [-0.25, -0.2) is 12.8 Å². The number of hydrogen-bond donors (Lipinski definition) is 0. The number of ether oxygens (including phenoxy) is 2. The zero-order valence-corrected chi connectivity index (χ0v) is 14.0. The molecule has 7 heteroatoms.